The van der Waals surface area contributed by atoms with Crippen molar-refractivity contribution in [3.8, 4) is 0 Å². The Bertz CT molecular complexity index is 429. The van der Waals surface area contributed by atoms with Gasteiger partial charge in [0.2, 0.25) is 0 Å². The van der Waals surface area contributed by atoms with E-state index in [2.05, 4.69) is 28.9 Å². The third-order valence-corrected chi connectivity index (χ3v) is 3.67. The van der Waals surface area contributed by atoms with Crippen molar-refractivity contribution < 1.29 is 5.21 Å². The number of anilines is 1. The Balaban J connectivity index is 2.23. The molecule has 2 heterocycles. The van der Waals surface area contributed by atoms with Gasteiger partial charge in [-0.15, -0.1) is 0 Å². The molecule has 5 heteroatoms. The second-order valence-electron chi connectivity index (χ2n) is 4.79. The lowest BCUT2D eigenvalue weighted by Gasteiger charge is -2.29. The van der Waals surface area contributed by atoms with Gasteiger partial charge < -0.3 is 15.8 Å². The average Bonchev–Trinajstić information content (AvgIpc) is 2.79. The summed E-state index contributed by atoms with van der Waals surface area (Å²) in [5, 5.41) is 11.6. The Kier molecular flexibility index (Phi) is 3.69. The van der Waals surface area contributed by atoms with Gasteiger partial charge in [0.15, 0.2) is 5.84 Å². The molecule has 18 heavy (non-hydrogen) atoms. The molecule has 1 fully saturated rings. The Morgan fingerprint density at radius 2 is 2.33 bits per heavy atom. The van der Waals surface area contributed by atoms with Crippen LogP contribution in [0.3, 0.4) is 0 Å². The minimum atomic E-state index is 0.0931. The zero-order chi connectivity index (χ0) is 13.1. The van der Waals surface area contributed by atoms with Crippen molar-refractivity contribution in [3.63, 3.8) is 0 Å². The van der Waals surface area contributed by atoms with Gasteiger partial charge in [0.25, 0.3) is 0 Å². The normalized spacial score (nSPS) is 24.6. The molecule has 0 radical (unpaired) electrons. The Morgan fingerprint density at radius 1 is 1.56 bits per heavy atom. The highest BCUT2D eigenvalue weighted by Crippen LogP contribution is 2.30. The van der Waals surface area contributed by atoms with E-state index in [1.54, 1.807) is 6.20 Å². The molecule has 98 valence electrons. The first-order valence-electron chi connectivity index (χ1n) is 6.39. The maximum absolute atomic E-state index is 8.62. The number of pyridine rings is 1. The molecule has 2 rings (SSSR count). The van der Waals surface area contributed by atoms with E-state index < -0.39 is 0 Å². The highest BCUT2D eigenvalue weighted by Gasteiger charge is 2.30. The molecule has 2 atom stereocenters. The van der Waals surface area contributed by atoms with Crippen LogP contribution in [0.5, 0.6) is 0 Å². The summed E-state index contributed by atoms with van der Waals surface area (Å²) in [6, 6.07) is 4.88. The molecule has 0 bridgehead atoms. The summed E-state index contributed by atoms with van der Waals surface area (Å²) >= 11 is 0. The molecule has 1 aromatic heterocycles. The summed E-state index contributed by atoms with van der Waals surface area (Å²) < 4.78 is 0. The molecule has 1 aromatic rings. The van der Waals surface area contributed by atoms with Crippen molar-refractivity contribution in [1.29, 1.82) is 0 Å². The fraction of sp³-hybridized carbons (Fsp3) is 0.538. The van der Waals surface area contributed by atoms with E-state index in [0.29, 0.717) is 17.6 Å². The van der Waals surface area contributed by atoms with Crippen LogP contribution in [0.25, 0.3) is 0 Å². The first-order chi connectivity index (χ1) is 8.67. The lowest BCUT2D eigenvalue weighted by molar-refractivity contribution is 0.318. The number of rotatable bonds is 3. The van der Waals surface area contributed by atoms with Crippen LogP contribution >= 0.6 is 0 Å². The first kappa shape index (κ1) is 12.7. The van der Waals surface area contributed by atoms with Crippen molar-refractivity contribution in [2.45, 2.75) is 45.2 Å². The first-order valence-corrected chi connectivity index (χ1v) is 6.39. The van der Waals surface area contributed by atoms with E-state index in [1.807, 2.05) is 12.1 Å². The van der Waals surface area contributed by atoms with E-state index >= 15 is 0 Å². The molecule has 0 saturated carbocycles. The van der Waals surface area contributed by atoms with E-state index in [9.17, 15) is 0 Å². The fourth-order valence-electron chi connectivity index (χ4n) is 2.63. The van der Waals surface area contributed by atoms with Gasteiger partial charge in [-0.1, -0.05) is 12.1 Å². The summed E-state index contributed by atoms with van der Waals surface area (Å²) in [4.78, 5) is 6.80. The lowest BCUT2D eigenvalue weighted by atomic mass is 10.1. The minimum Gasteiger partial charge on any atom is -0.409 e. The molecule has 1 saturated heterocycles. The Hall–Kier alpha value is -1.78. The van der Waals surface area contributed by atoms with Crippen LogP contribution in [-0.4, -0.2) is 28.1 Å². The predicted octanol–water partition coefficient (Wildman–Crippen LogP) is 1.94. The predicted molar refractivity (Wildman–Crippen MR) is 72.0 cm³/mol. The van der Waals surface area contributed by atoms with E-state index in [0.717, 1.165) is 12.2 Å². The van der Waals surface area contributed by atoms with Crippen molar-refractivity contribution in [2.75, 3.05) is 4.90 Å². The molecule has 0 spiro atoms. The van der Waals surface area contributed by atoms with Crippen LogP contribution in [0.1, 0.15) is 38.7 Å². The molecule has 2 unspecified atom stereocenters. The van der Waals surface area contributed by atoms with Crippen molar-refractivity contribution in [3.05, 3.63) is 23.9 Å². The van der Waals surface area contributed by atoms with Gasteiger partial charge in [-0.3, -0.25) is 0 Å². The number of oxime groups is 1. The summed E-state index contributed by atoms with van der Waals surface area (Å²) in [7, 11) is 0. The molecule has 1 aliphatic rings. The zero-order valence-corrected chi connectivity index (χ0v) is 10.9. The number of hydrogen-bond donors (Lipinski definition) is 2. The number of nitrogens with zero attached hydrogens (tertiary/aromatic N) is 3. The van der Waals surface area contributed by atoms with E-state index in [-0.39, 0.29) is 5.84 Å². The van der Waals surface area contributed by atoms with Crippen molar-refractivity contribution >= 4 is 11.7 Å². The summed E-state index contributed by atoms with van der Waals surface area (Å²) in [5.74, 6) is 1.07. The van der Waals surface area contributed by atoms with Gasteiger partial charge >= 0.3 is 0 Å². The maximum Gasteiger partial charge on any atom is 0.171 e. The molecule has 1 aliphatic heterocycles. The maximum atomic E-state index is 8.62. The van der Waals surface area contributed by atoms with Gasteiger partial charge in [-0.05, 0) is 38.3 Å². The highest BCUT2D eigenvalue weighted by atomic mass is 16.4. The quantitative estimate of drug-likeness (QED) is 0.371. The topological polar surface area (TPSA) is 74.7 Å². The molecule has 0 aliphatic carbocycles. The third-order valence-electron chi connectivity index (χ3n) is 3.67. The number of hydrogen-bond acceptors (Lipinski definition) is 4. The second kappa shape index (κ2) is 5.25. The van der Waals surface area contributed by atoms with Gasteiger partial charge in [0.1, 0.15) is 5.82 Å². The largest absolute Gasteiger partial charge is 0.409 e. The van der Waals surface area contributed by atoms with Crippen molar-refractivity contribution in [2.24, 2.45) is 10.9 Å². The van der Waals surface area contributed by atoms with E-state index in [1.165, 1.54) is 12.8 Å². The molecular formula is C13H20N4O. The minimum absolute atomic E-state index is 0.0931. The van der Waals surface area contributed by atoms with Gasteiger partial charge in [0.05, 0.1) is 0 Å². The molecule has 5 nitrogen and oxygen atoms in total. The van der Waals surface area contributed by atoms with Crippen molar-refractivity contribution in [1.82, 2.24) is 4.98 Å². The Morgan fingerprint density at radius 3 is 2.89 bits per heavy atom. The molecule has 3 N–H and O–H groups in total. The second-order valence-corrected chi connectivity index (χ2v) is 4.79. The number of aromatic nitrogens is 1. The molecule has 0 amide bonds. The van der Waals surface area contributed by atoms with Crippen LogP contribution in [0.15, 0.2) is 23.5 Å². The zero-order valence-electron chi connectivity index (χ0n) is 10.9. The smallest absolute Gasteiger partial charge is 0.171 e. The standard InChI is InChI=1S/C13H20N4O/c1-3-11-6-4-9(2)17(11)12-7-5-10(8-15-12)13(14)16-18/h5,7-9,11,18H,3-4,6H2,1-2H3,(H2,14,16). The summed E-state index contributed by atoms with van der Waals surface area (Å²) in [6.07, 6.45) is 5.22. The fourth-order valence-corrected chi connectivity index (χ4v) is 2.63. The highest BCUT2D eigenvalue weighted by molar-refractivity contribution is 5.96. The van der Waals surface area contributed by atoms with E-state index in [4.69, 9.17) is 10.9 Å². The number of amidine groups is 1. The van der Waals surface area contributed by atoms with Crippen LogP contribution < -0.4 is 10.6 Å². The van der Waals surface area contributed by atoms with Gasteiger partial charge in [-0.25, -0.2) is 4.98 Å². The summed E-state index contributed by atoms with van der Waals surface area (Å²) in [6.45, 7) is 4.44. The molecule has 0 aromatic carbocycles. The SMILES string of the molecule is CCC1CCC(C)N1c1ccc(/C(N)=N/O)cn1. The third kappa shape index (κ3) is 2.25. The van der Waals surface area contributed by atoms with Crippen LogP contribution in [0.4, 0.5) is 5.82 Å². The van der Waals surface area contributed by atoms with Gasteiger partial charge in [-0.2, -0.15) is 0 Å². The lowest BCUT2D eigenvalue weighted by Crippen LogP contribution is -2.34. The monoisotopic (exact) mass is 248 g/mol. The number of nitrogens with two attached hydrogens (primary N) is 1. The van der Waals surface area contributed by atoms with Gasteiger partial charge in [0, 0.05) is 23.8 Å². The van der Waals surface area contributed by atoms with Crippen LogP contribution in [-0.2, 0) is 0 Å². The molecular weight excluding hydrogens is 228 g/mol. The van der Waals surface area contributed by atoms with Crippen LogP contribution in [0, 0.1) is 0 Å². The Labute approximate surface area is 107 Å². The van der Waals surface area contributed by atoms with Crippen LogP contribution in [0.2, 0.25) is 0 Å². The summed E-state index contributed by atoms with van der Waals surface area (Å²) in [5.41, 5.74) is 6.16. The average molecular weight is 248 g/mol.